The van der Waals surface area contributed by atoms with Crippen LogP contribution in [0.15, 0.2) is 73.2 Å². The highest BCUT2D eigenvalue weighted by molar-refractivity contribution is 5.98. The molecule has 6 aromatic rings. The smallest absolute Gasteiger partial charge is 0.159 e. The maximum absolute atomic E-state index is 15.6. The van der Waals surface area contributed by atoms with Crippen molar-refractivity contribution in [1.82, 2.24) is 30.1 Å². The number of benzene rings is 2. The van der Waals surface area contributed by atoms with Gasteiger partial charge in [-0.05, 0) is 48.5 Å². The molecule has 0 bridgehead atoms. The lowest BCUT2D eigenvalue weighted by Gasteiger charge is -2.04. The molecule has 0 aliphatic carbocycles. The molecule has 4 heterocycles. The van der Waals surface area contributed by atoms with Crippen molar-refractivity contribution in [1.29, 1.82) is 0 Å². The van der Waals surface area contributed by atoms with Gasteiger partial charge in [0.05, 0.1) is 22.1 Å². The standard InChI is InChI=1S/C24H14F2N6/c25-15-5-3-13(4-6-15)21-22-18(9-11-28-21)29-24(30-22)23-19-17(31-32-23)8-7-16(20(19)26)14-2-1-10-27-12-14/h1-12H,(H,29,30)(H,31,32). The fourth-order valence-corrected chi connectivity index (χ4v) is 3.86. The van der Waals surface area contributed by atoms with Crippen molar-refractivity contribution in [2.24, 2.45) is 0 Å². The van der Waals surface area contributed by atoms with Crippen molar-refractivity contribution in [2.75, 3.05) is 0 Å². The fourth-order valence-electron chi connectivity index (χ4n) is 3.86. The summed E-state index contributed by atoms with van der Waals surface area (Å²) in [5, 5.41) is 7.54. The third-order valence-corrected chi connectivity index (χ3v) is 5.38. The van der Waals surface area contributed by atoms with E-state index in [-0.39, 0.29) is 5.82 Å². The lowest BCUT2D eigenvalue weighted by molar-refractivity contribution is 0.628. The highest BCUT2D eigenvalue weighted by Gasteiger charge is 2.20. The Bertz CT molecular complexity index is 1590. The first kappa shape index (κ1) is 18.3. The Morgan fingerprint density at radius 1 is 0.781 bits per heavy atom. The summed E-state index contributed by atoms with van der Waals surface area (Å²) >= 11 is 0. The van der Waals surface area contributed by atoms with Gasteiger partial charge >= 0.3 is 0 Å². The maximum Gasteiger partial charge on any atom is 0.159 e. The molecule has 6 nitrogen and oxygen atoms in total. The second-order valence-corrected chi connectivity index (χ2v) is 7.31. The minimum Gasteiger partial charge on any atom is -0.336 e. The van der Waals surface area contributed by atoms with Crippen LogP contribution in [-0.2, 0) is 0 Å². The van der Waals surface area contributed by atoms with Crippen LogP contribution in [0, 0.1) is 11.6 Å². The number of aromatic amines is 2. The molecule has 4 aromatic heterocycles. The third-order valence-electron chi connectivity index (χ3n) is 5.38. The first-order valence-electron chi connectivity index (χ1n) is 9.87. The molecule has 0 saturated carbocycles. The second-order valence-electron chi connectivity index (χ2n) is 7.31. The minimum absolute atomic E-state index is 0.327. The Morgan fingerprint density at radius 2 is 1.66 bits per heavy atom. The number of nitrogens with zero attached hydrogens (tertiary/aromatic N) is 4. The number of hydrogen-bond acceptors (Lipinski definition) is 4. The fraction of sp³-hybridized carbons (Fsp3) is 0. The molecule has 0 amide bonds. The SMILES string of the molecule is Fc1ccc(-c2nccc3[nH]c(-c4n[nH]c5ccc(-c6cccnc6)c(F)c45)nc23)cc1. The maximum atomic E-state index is 15.6. The van der Waals surface area contributed by atoms with Crippen LogP contribution in [-0.4, -0.2) is 30.1 Å². The van der Waals surface area contributed by atoms with Gasteiger partial charge in [0.25, 0.3) is 0 Å². The number of nitrogens with one attached hydrogen (secondary N) is 2. The van der Waals surface area contributed by atoms with Gasteiger partial charge in [-0.15, -0.1) is 0 Å². The Morgan fingerprint density at radius 3 is 2.47 bits per heavy atom. The Balaban J connectivity index is 1.54. The van der Waals surface area contributed by atoms with E-state index in [1.54, 1.807) is 61.1 Å². The van der Waals surface area contributed by atoms with Crippen LogP contribution >= 0.6 is 0 Å². The molecular formula is C24H14F2N6. The van der Waals surface area contributed by atoms with Crippen LogP contribution in [0.5, 0.6) is 0 Å². The molecule has 0 unspecified atom stereocenters. The molecule has 0 fully saturated rings. The van der Waals surface area contributed by atoms with Crippen LogP contribution in [0.3, 0.4) is 0 Å². The summed E-state index contributed by atoms with van der Waals surface area (Å²) in [5.41, 5.74) is 4.66. The van der Waals surface area contributed by atoms with Gasteiger partial charge in [-0.1, -0.05) is 6.07 Å². The van der Waals surface area contributed by atoms with Gasteiger partial charge in [0, 0.05) is 35.3 Å². The lowest BCUT2D eigenvalue weighted by atomic mass is 10.0. The van der Waals surface area contributed by atoms with Crippen molar-refractivity contribution in [3.63, 3.8) is 0 Å². The van der Waals surface area contributed by atoms with E-state index in [0.29, 0.717) is 50.3 Å². The van der Waals surface area contributed by atoms with Crippen LogP contribution in [0.25, 0.3) is 55.8 Å². The predicted octanol–water partition coefficient (Wildman–Crippen LogP) is 5.51. The molecule has 0 aliphatic heterocycles. The topological polar surface area (TPSA) is 83.1 Å². The first-order chi connectivity index (χ1) is 15.7. The van der Waals surface area contributed by atoms with Crippen LogP contribution in [0.4, 0.5) is 8.78 Å². The summed E-state index contributed by atoms with van der Waals surface area (Å²) in [6.45, 7) is 0. The molecular weight excluding hydrogens is 410 g/mol. The number of pyridine rings is 2. The van der Waals surface area contributed by atoms with E-state index in [1.807, 2.05) is 0 Å². The zero-order valence-corrected chi connectivity index (χ0v) is 16.5. The van der Waals surface area contributed by atoms with Crippen LogP contribution in [0.2, 0.25) is 0 Å². The quantitative estimate of drug-likeness (QED) is 0.393. The number of fused-ring (bicyclic) bond motifs is 2. The number of halogens is 2. The van der Waals surface area contributed by atoms with Gasteiger partial charge in [-0.3, -0.25) is 15.1 Å². The second kappa shape index (κ2) is 7.05. The minimum atomic E-state index is -0.406. The number of aromatic nitrogens is 6. The average Bonchev–Trinajstić information content (AvgIpc) is 3.45. The van der Waals surface area contributed by atoms with E-state index in [9.17, 15) is 4.39 Å². The van der Waals surface area contributed by atoms with Crippen molar-refractivity contribution in [2.45, 2.75) is 0 Å². The van der Waals surface area contributed by atoms with Gasteiger partial charge in [0.15, 0.2) is 5.82 Å². The molecule has 0 atom stereocenters. The van der Waals surface area contributed by atoms with Crippen LogP contribution < -0.4 is 0 Å². The third kappa shape index (κ3) is 2.84. The predicted molar refractivity (Wildman–Crippen MR) is 118 cm³/mol. The zero-order valence-electron chi connectivity index (χ0n) is 16.5. The highest BCUT2D eigenvalue weighted by atomic mass is 19.1. The summed E-state index contributed by atoms with van der Waals surface area (Å²) in [7, 11) is 0. The molecule has 0 spiro atoms. The monoisotopic (exact) mass is 424 g/mol. The first-order valence-corrected chi connectivity index (χ1v) is 9.87. The molecule has 0 aliphatic rings. The van der Waals surface area contributed by atoms with Crippen molar-refractivity contribution < 1.29 is 8.78 Å². The zero-order chi connectivity index (χ0) is 21.7. The van der Waals surface area contributed by atoms with Gasteiger partial charge in [0.2, 0.25) is 0 Å². The van der Waals surface area contributed by atoms with E-state index in [1.165, 1.54) is 12.1 Å². The normalized spacial score (nSPS) is 11.4. The number of hydrogen-bond donors (Lipinski definition) is 2. The Labute approximate surface area is 180 Å². The van der Waals surface area contributed by atoms with Crippen molar-refractivity contribution in [3.8, 4) is 33.9 Å². The largest absolute Gasteiger partial charge is 0.336 e. The Kier molecular flexibility index (Phi) is 4.04. The summed E-state index contributed by atoms with van der Waals surface area (Å²) in [4.78, 5) is 16.4. The summed E-state index contributed by atoms with van der Waals surface area (Å²) in [5.74, 6) is -0.326. The molecule has 0 saturated heterocycles. The molecule has 8 heteroatoms. The average molecular weight is 424 g/mol. The van der Waals surface area contributed by atoms with Gasteiger partial charge < -0.3 is 4.98 Å². The van der Waals surface area contributed by atoms with E-state index in [2.05, 4.69) is 30.1 Å². The molecule has 154 valence electrons. The van der Waals surface area contributed by atoms with E-state index in [0.717, 1.165) is 5.56 Å². The molecule has 2 aromatic carbocycles. The van der Waals surface area contributed by atoms with E-state index in [4.69, 9.17) is 0 Å². The summed E-state index contributed by atoms with van der Waals surface area (Å²) < 4.78 is 28.9. The number of imidazole rings is 1. The van der Waals surface area contributed by atoms with E-state index < -0.39 is 5.82 Å². The van der Waals surface area contributed by atoms with Crippen molar-refractivity contribution >= 4 is 21.9 Å². The van der Waals surface area contributed by atoms with Gasteiger partial charge in [-0.2, -0.15) is 5.10 Å². The molecule has 2 N–H and O–H groups in total. The van der Waals surface area contributed by atoms with Gasteiger partial charge in [0.1, 0.15) is 22.8 Å². The highest BCUT2D eigenvalue weighted by Crippen LogP contribution is 2.34. The summed E-state index contributed by atoms with van der Waals surface area (Å²) in [6.07, 6.45) is 4.91. The molecule has 32 heavy (non-hydrogen) atoms. The lowest BCUT2D eigenvalue weighted by Crippen LogP contribution is -1.89. The number of H-pyrrole nitrogens is 2. The van der Waals surface area contributed by atoms with Gasteiger partial charge in [-0.25, -0.2) is 13.8 Å². The Hall–Kier alpha value is -4.46. The van der Waals surface area contributed by atoms with Crippen LogP contribution in [0.1, 0.15) is 0 Å². The summed E-state index contributed by atoms with van der Waals surface area (Å²) in [6, 6.07) is 14.9. The van der Waals surface area contributed by atoms with E-state index >= 15 is 4.39 Å². The molecule has 0 radical (unpaired) electrons. The van der Waals surface area contributed by atoms with Crippen molar-refractivity contribution in [3.05, 3.63) is 84.8 Å². The molecule has 6 rings (SSSR count). The number of rotatable bonds is 3.